The molecule has 2 heterocycles. The van der Waals surface area contributed by atoms with Crippen molar-refractivity contribution in [3.63, 3.8) is 0 Å². The molecule has 0 unspecified atom stereocenters. The van der Waals surface area contributed by atoms with Crippen molar-refractivity contribution in [3.05, 3.63) is 76.4 Å². The van der Waals surface area contributed by atoms with Crippen LogP contribution in [0.5, 0.6) is 0 Å². The summed E-state index contributed by atoms with van der Waals surface area (Å²) in [5, 5.41) is 15.4. The van der Waals surface area contributed by atoms with Crippen molar-refractivity contribution in [3.8, 4) is 0 Å². The molecule has 6 heteroatoms. The van der Waals surface area contributed by atoms with Crippen molar-refractivity contribution in [2.75, 3.05) is 5.32 Å². The number of rotatable bonds is 6. The van der Waals surface area contributed by atoms with Crippen LogP contribution in [0.2, 0.25) is 0 Å². The molecule has 0 fully saturated rings. The third kappa shape index (κ3) is 3.97. The maximum Gasteiger partial charge on any atom is 0.229 e. The van der Waals surface area contributed by atoms with Gasteiger partial charge in [-0.3, -0.25) is 9.89 Å². The summed E-state index contributed by atoms with van der Waals surface area (Å²) in [4.78, 5) is 16.6. The highest BCUT2D eigenvalue weighted by molar-refractivity contribution is 7.09. The van der Waals surface area contributed by atoms with Crippen LogP contribution in [-0.4, -0.2) is 21.1 Å². The highest BCUT2D eigenvalue weighted by atomic mass is 32.1. The number of carbonyl (C=O) groups is 1. The van der Waals surface area contributed by atoms with Crippen LogP contribution < -0.4 is 5.32 Å². The Hall–Kier alpha value is -2.99. The summed E-state index contributed by atoms with van der Waals surface area (Å²) in [5.41, 5.74) is 1.97. The molecule has 26 heavy (non-hydrogen) atoms. The molecule has 0 atom stereocenters. The molecule has 4 aromatic rings. The number of nitrogens with one attached hydrogen (secondary N) is 2. The zero-order valence-electron chi connectivity index (χ0n) is 14.1. The van der Waals surface area contributed by atoms with Crippen LogP contribution in [0.25, 0.3) is 10.8 Å². The lowest BCUT2D eigenvalue weighted by Gasteiger charge is -2.04. The first-order chi connectivity index (χ1) is 12.8. The Morgan fingerprint density at radius 1 is 1.08 bits per heavy atom. The topological polar surface area (TPSA) is 70.7 Å². The second-order valence-corrected chi connectivity index (χ2v) is 7.09. The van der Waals surface area contributed by atoms with Gasteiger partial charge in [0.05, 0.1) is 11.4 Å². The fourth-order valence-corrected chi connectivity index (χ4v) is 3.51. The molecule has 0 aliphatic rings. The average molecular weight is 362 g/mol. The monoisotopic (exact) mass is 362 g/mol. The van der Waals surface area contributed by atoms with Gasteiger partial charge in [0.25, 0.3) is 0 Å². The number of thiazole rings is 1. The Bertz CT molecular complexity index is 1020. The van der Waals surface area contributed by atoms with Crippen LogP contribution in [0, 0.1) is 0 Å². The maximum absolute atomic E-state index is 12.3. The number of hydrogen-bond donors (Lipinski definition) is 2. The number of nitrogens with zero attached hydrogens (tertiary/aromatic N) is 2. The van der Waals surface area contributed by atoms with Crippen LogP contribution in [0.4, 0.5) is 5.82 Å². The molecule has 1 amide bonds. The predicted octanol–water partition coefficient (Wildman–Crippen LogP) is 3.99. The number of H-pyrrole nitrogens is 1. The van der Waals surface area contributed by atoms with Crippen LogP contribution in [-0.2, 0) is 24.1 Å². The van der Waals surface area contributed by atoms with Gasteiger partial charge < -0.3 is 5.32 Å². The first-order valence-electron chi connectivity index (χ1n) is 8.46. The van der Waals surface area contributed by atoms with Crippen molar-refractivity contribution < 1.29 is 4.79 Å². The van der Waals surface area contributed by atoms with Gasteiger partial charge in [-0.05, 0) is 22.8 Å². The van der Waals surface area contributed by atoms with Gasteiger partial charge in [0.2, 0.25) is 5.91 Å². The molecule has 0 radical (unpaired) electrons. The number of hydrogen-bond acceptors (Lipinski definition) is 4. The summed E-state index contributed by atoms with van der Waals surface area (Å²) in [6, 6.07) is 16.1. The number of aromatic amines is 1. The molecule has 4 rings (SSSR count). The van der Waals surface area contributed by atoms with E-state index in [0.29, 0.717) is 12.2 Å². The van der Waals surface area contributed by atoms with Gasteiger partial charge in [0.1, 0.15) is 0 Å². The molecule has 0 spiro atoms. The second kappa shape index (κ2) is 7.49. The van der Waals surface area contributed by atoms with E-state index in [1.165, 1.54) is 5.39 Å². The highest BCUT2D eigenvalue weighted by Crippen LogP contribution is 2.17. The molecule has 0 aliphatic heterocycles. The standard InChI is InChI=1S/C20H18N4OS/c25-19(12-14-5-6-15-3-1-2-4-16(15)11-14)22-18-13-17(23-24-18)7-8-20-21-9-10-26-20/h1-6,9-11,13H,7-8,12H2,(H2,22,23,24,25). The van der Waals surface area contributed by atoms with E-state index in [1.54, 1.807) is 11.3 Å². The Morgan fingerprint density at radius 2 is 1.96 bits per heavy atom. The van der Waals surface area contributed by atoms with Gasteiger partial charge in [-0.2, -0.15) is 5.10 Å². The second-order valence-electron chi connectivity index (χ2n) is 6.11. The quantitative estimate of drug-likeness (QED) is 0.545. The minimum absolute atomic E-state index is 0.0711. The summed E-state index contributed by atoms with van der Waals surface area (Å²) >= 11 is 1.65. The van der Waals surface area contributed by atoms with Crippen LogP contribution in [0.3, 0.4) is 0 Å². The van der Waals surface area contributed by atoms with Crippen molar-refractivity contribution >= 4 is 33.8 Å². The Morgan fingerprint density at radius 3 is 2.81 bits per heavy atom. The van der Waals surface area contributed by atoms with Crippen molar-refractivity contribution in [1.29, 1.82) is 0 Å². The molecule has 130 valence electrons. The largest absolute Gasteiger partial charge is 0.309 e. The average Bonchev–Trinajstić information content (AvgIpc) is 3.31. The molecule has 2 N–H and O–H groups in total. The lowest BCUT2D eigenvalue weighted by Crippen LogP contribution is -2.14. The number of fused-ring (bicyclic) bond motifs is 1. The molecule has 5 nitrogen and oxygen atoms in total. The van der Waals surface area contributed by atoms with Crippen LogP contribution >= 0.6 is 11.3 Å². The van der Waals surface area contributed by atoms with Gasteiger partial charge in [-0.25, -0.2) is 4.98 Å². The summed E-state index contributed by atoms with van der Waals surface area (Å²) in [6.45, 7) is 0. The van der Waals surface area contributed by atoms with E-state index in [-0.39, 0.29) is 5.91 Å². The van der Waals surface area contributed by atoms with Crippen molar-refractivity contribution in [1.82, 2.24) is 15.2 Å². The summed E-state index contributed by atoms with van der Waals surface area (Å²) in [7, 11) is 0. The first-order valence-corrected chi connectivity index (χ1v) is 9.34. The zero-order valence-corrected chi connectivity index (χ0v) is 14.9. The molecule has 0 bridgehead atoms. The summed E-state index contributed by atoms with van der Waals surface area (Å²) in [5.74, 6) is 0.489. The van der Waals surface area contributed by atoms with Crippen molar-refractivity contribution in [2.45, 2.75) is 19.3 Å². The number of aryl methyl sites for hydroxylation is 2. The van der Waals surface area contributed by atoms with Gasteiger partial charge in [-0.15, -0.1) is 11.3 Å². The summed E-state index contributed by atoms with van der Waals surface area (Å²) in [6.07, 6.45) is 3.82. The third-order valence-electron chi connectivity index (χ3n) is 4.17. The van der Waals surface area contributed by atoms with Crippen LogP contribution in [0.1, 0.15) is 16.3 Å². The Kier molecular flexibility index (Phi) is 4.75. The van der Waals surface area contributed by atoms with E-state index in [2.05, 4.69) is 38.7 Å². The zero-order chi connectivity index (χ0) is 17.8. The maximum atomic E-state index is 12.3. The molecule has 2 aromatic carbocycles. The predicted molar refractivity (Wildman–Crippen MR) is 104 cm³/mol. The molecule has 0 saturated heterocycles. The van der Waals surface area contributed by atoms with E-state index in [9.17, 15) is 4.79 Å². The third-order valence-corrected chi connectivity index (χ3v) is 5.01. The van der Waals surface area contributed by atoms with E-state index in [1.807, 2.05) is 41.9 Å². The Labute approximate surface area is 155 Å². The number of carbonyl (C=O) groups excluding carboxylic acids is 1. The minimum atomic E-state index is -0.0711. The molecular weight excluding hydrogens is 344 g/mol. The van der Waals surface area contributed by atoms with Crippen molar-refractivity contribution in [2.24, 2.45) is 0 Å². The smallest absolute Gasteiger partial charge is 0.229 e. The van der Waals surface area contributed by atoms with E-state index < -0.39 is 0 Å². The number of aromatic nitrogens is 3. The van der Waals surface area contributed by atoms with E-state index in [0.717, 1.165) is 34.5 Å². The van der Waals surface area contributed by atoms with Gasteiger partial charge >= 0.3 is 0 Å². The number of amides is 1. The summed E-state index contributed by atoms with van der Waals surface area (Å²) < 4.78 is 0. The van der Waals surface area contributed by atoms with E-state index in [4.69, 9.17) is 0 Å². The van der Waals surface area contributed by atoms with Gasteiger partial charge in [0, 0.05) is 29.8 Å². The highest BCUT2D eigenvalue weighted by Gasteiger charge is 2.08. The lowest BCUT2D eigenvalue weighted by atomic mass is 10.0. The fourth-order valence-electron chi connectivity index (χ4n) is 2.89. The molecule has 2 aromatic heterocycles. The van der Waals surface area contributed by atoms with E-state index >= 15 is 0 Å². The van der Waals surface area contributed by atoms with Crippen LogP contribution in [0.15, 0.2) is 60.1 Å². The number of benzene rings is 2. The number of anilines is 1. The molecule has 0 saturated carbocycles. The molecule has 0 aliphatic carbocycles. The van der Waals surface area contributed by atoms with Gasteiger partial charge in [-0.1, -0.05) is 42.5 Å². The SMILES string of the molecule is O=C(Cc1ccc2ccccc2c1)Nc1cc(CCc2nccs2)[nH]n1. The van der Waals surface area contributed by atoms with Gasteiger partial charge in [0.15, 0.2) is 5.82 Å². The molecular formula is C20H18N4OS. The lowest BCUT2D eigenvalue weighted by molar-refractivity contribution is -0.115. The minimum Gasteiger partial charge on any atom is -0.309 e. The Balaban J connectivity index is 1.35. The normalized spacial score (nSPS) is 10.9. The first kappa shape index (κ1) is 16.5. The fraction of sp³-hybridized carbons (Fsp3) is 0.150.